The molecule has 0 spiro atoms. The molecular formula is C14H17N5. The molecule has 19 heavy (non-hydrogen) atoms. The number of anilines is 1. The number of benzene rings is 1. The molecule has 2 aromatic heterocycles. The molecule has 3 aromatic rings. The lowest BCUT2D eigenvalue weighted by Crippen LogP contribution is -2.04. The quantitative estimate of drug-likeness (QED) is 0.781. The number of nitrogens with two attached hydrogens (primary N) is 1. The van der Waals surface area contributed by atoms with Crippen molar-refractivity contribution in [2.24, 2.45) is 7.05 Å². The zero-order valence-electron chi connectivity index (χ0n) is 11.2. The minimum absolute atomic E-state index is 0.506. The summed E-state index contributed by atoms with van der Waals surface area (Å²) in [6.45, 7) is 2.14. The lowest BCUT2D eigenvalue weighted by Gasteiger charge is -2.06. The minimum atomic E-state index is 0.506. The van der Waals surface area contributed by atoms with E-state index in [1.54, 1.807) is 0 Å². The molecule has 5 heteroatoms. The van der Waals surface area contributed by atoms with Crippen molar-refractivity contribution < 1.29 is 0 Å². The Bertz CT molecular complexity index is 708. The monoisotopic (exact) mass is 255 g/mol. The number of fused-ring (bicyclic) bond motifs is 1. The van der Waals surface area contributed by atoms with E-state index in [4.69, 9.17) is 5.73 Å². The summed E-state index contributed by atoms with van der Waals surface area (Å²) in [5.41, 5.74) is 9.96. The Morgan fingerprint density at radius 3 is 2.63 bits per heavy atom. The zero-order valence-corrected chi connectivity index (χ0v) is 11.2. The summed E-state index contributed by atoms with van der Waals surface area (Å²) in [5, 5.41) is 4.54. The van der Waals surface area contributed by atoms with E-state index in [2.05, 4.69) is 17.0 Å². The number of nitrogen functional groups attached to an aromatic ring is 1. The molecule has 98 valence electrons. The molecule has 2 heterocycles. The van der Waals surface area contributed by atoms with Crippen LogP contribution in [0.4, 0.5) is 5.95 Å². The fraction of sp³-hybridized carbons (Fsp3) is 0.286. The first-order valence-corrected chi connectivity index (χ1v) is 6.47. The van der Waals surface area contributed by atoms with Crippen LogP contribution in [0, 0.1) is 0 Å². The van der Waals surface area contributed by atoms with Crippen molar-refractivity contribution in [3.05, 3.63) is 36.0 Å². The summed E-state index contributed by atoms with van der Waals surface area (Å²) in [5.74, 6) is 0.506. The van der Waals surface area contributed by atoms with Gasteiger partial charge in [0.15, 0.2) is 5.65 Å². The largest absolute Gasteiger partial charge is 0.369 e. The second-order valence-electron chi connectivity index (χ2n) is 4.63. The van der Waals surface area contributed by atoms with Gasteiger partial charge in [0.25, 0.3) is 0 Å². The van der Waals surface area contributed by atoms with Gasteiger partial charge in [0.1, 0.15) is 5.52 Å². The number of hydrogen-bond acceptors (Lipinski definition) is 3. The van der Waals surface area contributed by atoms with Crippen molar-refractivity contribution in [2.75, 3.05) is 5.73 Å². The van der Waals surface area contributed by atoms with Gasteiger partial charge in [0, 0.05) is 7.05 Å². The van der Waals surface area contributed by atoms with Crippen molar-refractivity contribution in [2.45, 2.75) is 19.8 Å². The number of nitrogens with zero attached hydrogens (tertiary/aromatic N) is 4. The van der Waals surface area contributed by atoms with E-state index in [-0.39, 0.29) is 0 Å². The minimum Gasteiger partial charge on any atom is -0.369 e. The first-order valence-electron chi connectivity index (χ1n) is 6.47. The Labute approximate surface area is 111 Å². The lowest BCUT2D eigenvalue weighted by atomic mass is 10.2. The highest BCUT2D eigenvalue weighted by Crippen LogP contribution is 2.25. The van der Waals surface area contributed by atoms with E-state index in [1.807, 2.05) is 46.6 Å². The average molecular weight is 255 g/mol. The standard InChI is InChI=1S/C14H17N5/c1-3-7-11-12-13(18(2)17-11)19(14(15)16-12)10-8-5-4-6-9-10/h4-6,8-9H,3,7H2,1-2H3,(H2,15,16). The van der Waals surface area contributed by atoms with Gasteiger partial charge in [-0.15, -0.1) is 0 Å². The van der Waals surface area contributed by atoms with Crippen molar-refractivity contribution in [1.29, 1.82) is 0 Å². The molecule has 0 aliphatic rings. The number of imidazole rings is 1. The van der Waals surface area contributed by atoms with E-state index in [0.717, 1.165) is 35.4 Å². The van der Waals surface area contributed by atoms with Crippen molar-refractivity contribution in [1.82, 2.24) is 19.3 Å². The van der Waals surface area contributed by atoms with Crippen LogP contribution in [0.3, 0.4) is 0 Å². The van der Waals surface area contributed by atoms with Gasteiger partial charge in [-0.1, -0.05) is 31.5 Å². The SMILES string of the molecule is CCCc1nn(C)c2c1nc(N)n2-c1ccccc1. The van der Waals surface area contributed by atoms with E-state index in [1.165, 1.54) is 0 Å². The molecular weight excluding hydrogens is 238 g/mol. The molecule has 0 saturated carbocycles. The highest BCUT2D eigenvalue weighted by atomic mass is 15.3. The van der Waals surface area contributed by atoms with Gasteiger partial charge in [-0.3, -0.25) is 4.57 Å². The summed E-state index contributed by atoms with van der Waals surface area (Å²) < 4.78 is 3.80. The van der Waals surface area contributed by atoms with Gasteiger partial charge in [-0.05, 0) is 18.6 Å². The van der Waals surface area contributed by atoms with Crippen LogP contribution in [0.1, 0.15) is 19.0 Å². The molecule has 3 rings (SSSR count). The molecule has 2 N–H and O–H groups in total. The molecule has 1 aromatic carbocycles. The van der Waals surface area contributed by atoms with Gasteiger partial charge in [-0.25, -0.2) is 9.67 Å². The van der Waals surface area contributed by atoms with Crippen LogP contribution in [0.15, 0.2) is 30.3 Å². The Morgan fingerprint density at radius 1 is 1.21 bits per heavy atom. The smallest absolute Gasteiger partial charge is 0.207 e. The molecule has 0 bridgehead atoms. The maximum absolute atomic E-state index is 6.07. The lowest BCUT2D eigenvalue weighted by molar-refractivity contribution is 0.738. The first kappa shape index (κ1) is 11.8. The summed E-state index contributed by atoms with van der Waals surface area (Å²) in [7, 11) is 1.93. The van der Waals surface area contributed by atoms with Gasteiger partial charge >= 0.3 is 0 Å². The number of aromatic nitrogens is 4. The molecule has 0 unspecified atom stereocenters. The predicted molar refractivity (Wildman–Crippen MR) is 76.2 cm³/mol. The first-order chi connectivity index (χ1) is 9.22. The third kappa shape index (κ3) is 1.78. The molecule has 0 aliphatic carbocycles. The average Bonchev–Trinajstić information content (AvgIpc) is 2.89. The normalized spacial score (nSPS) is 11.3. The Kier molecular flexibility index (Phi) is 2.74. The number of rotatable bonds is 3. The van der Waals surface area contributed by atoms with Crippen LogP contribution >= 0.6 is 0 Å². The van der Waals surface area contributed by atoms with Crippen LogP contribution in [0.25, 0.3) is 16.9 Å². The van der Waals surface area contributed by atoms with E-state index in [9.17, 15) is 0 Å². The second-order valence-corrected chi connectivity index (χ2v) is 4.63. The molecule has 5 nitrogen and oxygen atoms in total. The number of para-hydroxylation sites is 1. The number of hydrogen-bond donors (Lipinski definition) is 1. The van der Waals surface area contributed by atoms with E-state index < -0.39 is 0 Å². The van der Waals surface area contributed by atoms with Crippen LogP contribution in [0.5, 0.6) is 0 Å². The van der Waals surface area contributed by atoms with Crippen LogP contribution < -0.4 is 5.73 Å². The molecule has 0 fully saturated rings. The van der Waals surface area contributed by atoms with Gasteiger partial charge < -0.3 is 5.73 Å². The van der Waals surface area contributed by atoms with Crippen molar-refractivity contribution in [3.63, 3.8) is 0 Å². The summed E-state index contributed by atoms with van der Waals surface area (Å²) in [6, 6.07) is 10.0. The topological polar surface area (TPSA) is 61.7 Å². The molecule has 0 aliphatic heterocycles. The van der Waals surface area contributed by atoms with Crippen LogP contribution in [-0.2, 0) is 13.5 Å². The highest BCUT2D eigenvalue weighted by molar-refractivity contribution is 5.80. The summed E-state index contributed by atoms with van der Waals surface area (Å²) >= 11 is 0. The highest BCUT2D eigenvalue weighted by Gasteiger charge is 2.18. The van der Waals surface area contributed by atoms with Gasteiger partial charge in [0.2, 0.25) is 5.95 Å². The predicted octanol–water partition coefficient (Wildman–Crippen LogP) is 2.29. The molecule has 0 saturated heterocycles. The van der Waals surface area contributed by atoms with Crippen LogP contribution in [-0.4, -0.2) is 19.3 Å². The Hall–Kier alpha value is -2.30. The second kappa shape index (κ2) is 4.42. The van der Waals surface area contributed by atoms with E-state index in [0.29, 0.717) is 5.95 Å². The molecule has 0 radical (unpaired) electrons. The van der Waals surface area contributed by atoms with Crippen molar-refractivity contribution in [3.8, 4) is 5.69 Å². The maximum atomic E-state index is 6.07. The zero-order chi connectivity index (χ0) is 13.4. The number of aryl methyl sites for hydroxylation is 2. The molecule has 0 atom stereocenters. The summed E-state index contributed by atoms with van der Waals surface area (Å²) in [4.78, 5) is 4.49. The Balaban J connectivity index is 2.28. The third-order valence-corrected chi connectivity index (χ3v) is 3.23. The van der Waals surface area contributed by atoms with Crippen molar-refractivity contribution >= 4 is 17.1 Å². The van der Waals surface area contributed by atoms with Gasteiger partial charge in [0.05, 0.1) is 11.4 Å². The Morgan fingerprint density at radius 2 is 1.95 bits per heavy atom. The summed E-state index contributed by atoms with van der Waals surface area (Å²) in [6.07, 6.45) is 1.97. The van der Waals surface area contributed by atoms with E-state index >= 15 is 0 Å². The van der Waals surface area contributed by atoms with Crippen LogP contribution in [0.2, 0.25) is 0 Å². The third-order valence-electron chi connectivity index (χ3n) is 3.23. The fourth-order valence-corrected chi connectivity index (χ4v) is 2.43. The fourth-order valence-electron chi connectivity index (χ4n) is 2.43. The maximum Gasteiger partial charge on any atom is 0.207 e. The van der Waals surface area contributed by atoms with Gasteiger partial charge in [-0.2, -0.15) is 5.10 Å². The molecule has 0 amide bonds.